The lowest BCUT2D eigenvalue weighted by atomic mass is 9.49. The minimum Gasteiger partial charge on any atom is -0.452 e. The second kappa shape index (κ2) is 7.95. The summed E-state index contributed by atoms with van der Waals surface area (Å²) in [6.07, 6.45) is 9.28. The molecule has 6 rings (SSSR count). The van der Waals surface area contributed by atoms with Crippen LogP contribution >= 0.6 is 0 Å². The van der Waals surface area contributed by atoms with E-state index < -0.39 is 5.97 Å². The van der Waals surface area contributed by atoms with E-state index >= 15 is 0 Å². The first-order valence-corrected chi connectivity index (χ1v) is 11.8. The van der Waals surface area contributed by atoms with Gasteiger partial charge in [-0.1, -0.05) is 0 Å². The molecule has 0 saturated heterocycles. The number of hydrogen-bond donors (Lipinski definition) is 2. The van der Waals surface area contributed by atoms with Crippen molar-refractivity contribution in [3.05, 3.63) is 29.8 Å². The molecule has 0 heterocycles. The Morgan fingerprint density at radius 3 is 2.13 bits per heavy atom. The van der Waals surface area contributed by atoms with Crippen LogP contribution in [0.5, 0.6) is 0 Å². The molecule has 2 amide bonds. The molecule has 0 unspecified atom stereocenters. The average molecular weight is 425 g/mol. The first-order chi connectivity index (χ1) is 14.9. The number of carbonyl (C=O) groups excluding carboxylic acids is 3. The van der Waals surface area contributed by atoms with E-state index in [4.69, 9.17) is 4.74 Å². The summed E-state index contributed by atoms with van der Waals surface area (Å²) in [4.78, 5) is 37.3. The van der Waals surface area contributed by atoms with Crippen LogP contribution in [0.4, 0.5) is 5.69 Å². The fraction of sp³-hybridized carbons (Fsp3) is 0.640. The number of benzene rings is 1. The van der Waals surface area contributed by atoms with Gasteiger partial charge < -0.3 is 15.4 Å². The van der Waals surface area contributed by atoms with Crippen LogP contribution in [0.3, 0.4) is 0 Å². The number of amides is 2. The summed E-state index contributed by atoms with van der Waals surface area (Å²) in [6.45, 7) is 1.70. The fourth-order valence-corrected chi connectivity index (χ4v) is 6.57. The Balaban J connectivity index is 1.13. The van der Waals surface area contributed by atoms with Crippen LogP contribution < -0.4 is 10.6 Å². The van der Waals surface area contributed by atoms with E-state index in [1.165, 1.54) is 19.3 Å². The fourth-order valence-electron chi connectivity index (χ4n) is 6.57. The van der Waals surface area contributed by atoms with Crippen molar-refractivity contribution in [3.63, 3.8) is 0 Å². The molecule has 0 aliphatic heterocycles. The van der Waals surface area contributed by atoms with E-state index in [0.717, 1.165) is 49.9 Å². The topological polar surface area (TPSA) is 84.5 Å². The Morgan fingerprint density at radius 1 is 1.00 bits per heavy atom. The molecule has 0 spiro atoms. The highest BCUT2D eigenvalue weighted by molar-refractivity contribution is 5.96. The van der Waals surface area contributed by atoms with E-state index in [2.05, 4.69) is 10.6 Å². The van der Waals surface area contributed by atoms with Gasteiger partial charge in [0.1, 0.15) is 0 Å². The Bertz CT molecular complexity index is 839. The lowest BCUT2D eigenvalue weighted by Crippen LogP contribution is -2.51. The van der Waals surface area contributed by atoms with E-state index in [9.17, 15) is 14.4 Å². The van der Waals surface area contributed by atoms with Gasteiger partial charge in [0.25, 0.3) is 5.91 Å². The summed E-state index contributed by atoms with van der Waals surface area (Å²) in [5.41, 5.74) is 0.876. The standard InChI is InChI=1S/C25H32N2O4/c1-15(19-2-3-19)26-22(28)14-31-23(29)20-4-6-21(7-5-20)27-24(30)25-11-16-8-17(12-25)10-18(9-16)13-25/h4-7,15-19H,2-3,8-14H2,1H3,(H,26,28)(H,27,30)/t15-,16?,17?,18?,25?/m0/s1. The zero-order valence-electron chi connectivity index (χ0n) is 18.2. The van der Waals surface area contributed by atoms with Gasteiger partial charge in [-0.15, -0.1) is 0 Å². The number of esters is 1. The highest BCUT2D eigenvalue weighted by Gasteiger charge is 2.54. The zero-order chi connectivity index (χ0) is 21.6. The van der Waals surface area contributed by atoms with Gasteiger partial charge in [0.15, 0.2) is 6.61 Å². The highest BCUT2D eigenvalue weighted by atomic mass is 16.5. The van der Waals surface area contributed by atoms with E-state index in [-0.39, 0.29) is 29.9 Å². The van der Waals surface area contributed by atoms with Gasteiger partial charge in [0, 0.05) is 11.7 Å². The molecule has 6 nitrogen and oxygen atoms in total. The molecule has 166 valence electrons. The molecule has 6 heteroatoms. The maximum atomic E-state index is 13.2. The summed E-state index contributed by atoms with van der Waals surface area (Å²) in [5, 5.41) is 5.97. The van der Waals surface area contributed by atoms with Gasteiger partial charge in [-0.25, -0.2) is 4.79 Å². The van der Waals surface area contributed by atoms with Crippen LogP contribution in [0.1, 0.15) is 68.6 Å². The number of rotatable bonds is 7. The molecule has 31 heavy (non-hydrogen) atoms. The second-order valence-corrected chi connectivity index (χ2v) is 10.5. The van der Waals surface area contributed by atoms with Gasteiger partial charge in [-0.2, -0.15) is 0 Å². The second-order valence-electron chi connectivity index (χ2n) is 10.5. The third kappa shape index (κ3) is 4.35. The van der Waals surface area contributed by atoms with Crippen LogP contribution in [0.25, 0.3) is 0 Å². The summed E-state index contributed by atoms with van der Waals surface area (Å²) >= 11 is 0. The summed E-state index contributed by atoms with van der Waals surface area (Å²) in [6, 6.07) is 6.89. The Labute approximate surface area is 183 Å². The molecule has 4 bridgehead atoms. The quantitative estimate of drug-likeness (QED) is 0.650. The third-order valence-electron chi connectivity index (χ3n) is 7.95. The Hall–Kier alpha value is -2.37. The number of carbonyl (C=O) groups is 3. The van der Waals surface area contributed by atoms with E-state index in [0.29, 0.717) is 17.2 Å². The molecule has 2 N–H and O–H groups in total. The minimum atomic E-state index is -0.534. The molecule has 0 radical (unpaired) electrons. The number of ether oxygens (including phenoxy) is 1. The van der Waals surface area contributed by atoms with Crippen LogP contribution in [0, 0.1) is 29.1 Å². The lowest BCUT2D eigenvalue weighted by Gasteiger charge is -2.55. The van der Waals surface area contributed by atoms with Crippen LogP contribution in [-0.2, 0) is 14.3 Å². The van der Waals surface area contributed by atoms with Crippen molar-refractivity contribution < 1.29 is 19.1 Å². The molecule has 5 aliphatic carbocycles. The molecular formula is C25H32N2O4. The molecule has 5 aliphatic rings. The third-order valence-corrected chi connectivity index (χ3v) is 7.95. The molecule has 1 aromatic carbocycles. The summed E-state index contributed by atoms with van der Waals surface area (Å²) in [5.74, 6) is 2.06. The van der Waals surface area contributed by atoms with Crippen molar-refractivity contribution in [1.29, 1.82) is 0 Å². The van der Waals surface area contributed by atoms with Crippen molar-refractivity contribution in [3.8, 4) is 0 Å². The van der Waals surface area contributed by atoms with E-state index in [1.54, 1.807) is 24.3 Å². The van der Waals surface area contributed by atoms with Gasteiger partial charge in [0.05, 0.1) is 11.0 Å². The van der Waals surface area contributed by atoms with Crippen molar-refractivity contribution in [2.24, 2.45) is 29.1 Å². The van der Waals surface area contributed by atoms with Crippen LogP contribution in [0.2, 0.25) is 0 Å². The first kappa shape index (κ1) is 20.5. The largest absolute Gasteiger partial charge is 0.452 e. The van der Waals surface area contributed by atoms with Crippen molar-refractivity contribution in [2.75, 3.05) is 11.9 Å². The van der Waals surface area contributed by atoms with Crippen LogP contribution in [0.15, 0.2) is 24.3 Å². The maximum Gasteiger partial charge on any atom is 0.338 e. The molecule has 5 saturated carbocycles. The summed E-state index contributed by atoms with van der Waals surface area (Å²) in [7, 11) is 0. The number of anilines is 1. The molecule has 1 aromatic rings. The highest BCUT2D eigenvalue weighted by Crippen LogP contribution is 2.60. The van der Waals surface area contributed by atoms with Gasteiger partial charge in [0.2, 0.25) is 5.91 Å². The van der Waals surface area contributed by atoms with Crippen LogP contribution in [-0.4, -0.2) is 30.4 Å². The van der Waals surface area contributed by atoms with Crippen molar-refractivity contribution in [1.82, 2.24) is 5.32 Å². The molecular weight excluding hydrogens is 392 g/mol. The van der Waals surface area contributed by atoms with Gasteiger partial charge in [-0.05, 0) is 106 Å². The molecule has 1 atom stereocenters. The normalized spacial score (nSPS) is 31.7. The molecule has 5 fully saturated rings. The lowest BCUT2D eigenvalue weighted by molar-refractivity contribution is -0.140. The average Bonchev–Trinajstić information content (AvgIpc) is 3.57. The Kier molecular flexibility index (Phi) is 5.27. The van der Waals surface area contributed by atoms with E-state index in [1.807, 2.05) is 6.92 Å². The number of nitrogens with one attached hydrogen (secondary N) is 2. The smallest absolute Gasteiger partial charge is 0.338 e. The number of hydrogen-bond acceptors (Lipinski definition) is 4. The summed E-state index contributed by atoms with van der Waals surface area (Å²) < 4.78 is 5.14. The Morgan fingerprint density at radius 2 is 1.58 bits per heavy atom. The SMILES string of the molecule is C[C@H](NC(=O)COC(=O)c1ccc(NC(=O)C23CC4CC(CC(C4)C2)C3)cc1)C1CC1. The van der Waals surface area contributed by atoms with Crippen molar-refractivity contribution in [2.45, 2.75) is 64.3 Å². The zero-order valence-corrected chi connectivity index (χ0v) is 18.2. The monoisotopic (exact) mass is 424 g/mol. The first-order valence-electron chi connectivity index (χ1n) is 11.8. The minimum absolute atomic E-state index is 0.128. The van der Waals surface area contributed by atoms with Gasteiger partial charge >= 0.3 is 5.97 Å². The maximum absolute atomic E-state index is 13.2. The van der Waals surface area contributed by atoms with Gasteiger partial charge in [-0.3, -0.25) is 9.59 Å². The molecule has 0 aromatic heterocycles. The predicted molar refractivity (Wildman–Crippen MR) is 116 cm³/mol. The van der Waals surface area contributed by atoms with Crippen molar-refractivity contribution >= 4 is 23.5 Å². The predicted octanol–water partition coefficient (Wildman–Crippen LogP) is 3.91.